The third kappa shape index (κ3) is 21.5. The first-order valence-corrected chi connectivity index (χ1v) is 14.3. The molecule has 0 aromatic rings. The molecule has 0 fully saturated rings. The predicted molar refractivity (Wildman–Crippen MR) is 144 cm³/mol. The van der Waals surface area contributed by atoms with Gasteiger partial charge in [0.2, 0.25) is 0 Å². The molecule has 1 unspecified atom stereocenters. The number of hydrogen-bond donors (Lipinski definition) is 1. The molecule has 0 aliphatic carbocycles. The van der Waals surface area contributed by atoms with E-state index in [1.807, 2.05) is 0 Å². The number of aliphatic carboxylic acids is 1. The number of carboxylic acid groups (broad SMARTS) is 1. The molecule has 0 aromatic carbocycles. The first-order chi connectivity index (χ1) is 15.8. The molecule has 0 heterocycles. The van der Waals surface area contributed by atoms with Gasteiger partial charge in [0.1, 0.15) is 6.10 Å². The topological polar surface area (TPSA) is 63.6 Å². The Balaban J connectivity index is 4.63. The number of carboxylic acids is 1. The Labute approximate surface area is 212 Å². The Morgan fingerprint density at radius 3 is 1.47 bits per heavy atom. The molecule has 0 saturated heterocycles. The zero-order valence-corrected chi connectivity index (χ0v) is 23.8. The van der Waals surface area contributed by atoms with Crippen molar-refractivity contribution < 1.29 is 19.4 Å². The van der Waals surface area contributed by atoms with Crippen LogP contribution < -0.4 is 0 Å². The van der Waals surface area contributed by atoms with Gasteiger partial charge in [-0.05, 0) is 42.4 Å². The van der Waals surface area contributed by atoms with Crippen LogP contribution in [0.15, 0.2) is 0 Å². The Kier molecular flexibility index (Phi) is 17.7. The second-order valence-electron chi connectivity index (χ2n) is 12.9. The minimum absolute atomic E-state index is 0.0396. The summed E-state index contributed by atoms with van der Waals surface area (Å²) in [6.45, 7) is 15.7. The number of ether oxygens (including phenoxy) is 1. The van der Waals surface area contributed by atoms with Crippen LogP contribution >= 0.6 is 0 Å². The van der Waals surface area contributed by atoms with Crippen molar-refractivity contribution in [2.24, 2.45) is 16.7 Å². The van der Waals surface area contributed by atoms with Gasteiger partial charge in [-0.2, -0.15) is 0 Å². The van der Waals surface area contributed by atoms with Gasteiger partial charge in [0.25, 0.3) is 0 Å². The van der Waals surface area contributed by atoms with E-state index in [0.717, 1.165) is 25.7 Å². The summed E-state index contributed by atoms with van der Waals surface area (Å²) in [5.41, 5.74) is 0.302. The Morgan fingerprint density at radius 1 is 0.676 bits per heavy atom. The van der Waals surface area contributed by atoms with Crippen LogP contribution in [0.25, 0.3) is 0 Å². The molecule has 0 aliphatic rings. The van der Waals surface area contributed by atoms with Gasteiger partial charge in [-0.25, -0.2) is 0 Å². The predicted octanol–water partition coefficient (Wildman–Crippen LogP) is 9.34. The Hall–Kier alpha value is -1.06. The van der Waals surface area contributed by atoms with E-state index in [1.165, 1.54) is 70.6 Å². The monoisotopic (exact) mass is 482 g/mol. The molecule has 0 amide bonds. The third-order valence-electron chi connectivity index (χ3n) is 6.44. The molecule has 0 bridgehead atoms. The summed E-state index contributed by atoms with van der Waals surface area (Å²) in [6.07, 6.45) is 18.3. The SMILES string of the molecule is CCCCCCCCCCCCCCC(OC(=O)CCC(=O)O)C(CC(C)(C)C)CC(C)(C)C. The van der Waals surface area contributed by atoms with E-state index in [2.05, 4.69) is 48.5 Å². The van der Waals surface area contributed by atoms with Crippen LogP contribution in [0.3, 0.4) is 0 Å². The number of hydrogen-bond acceptors (Lipinski definition) is 3. The van der Waals surface area contributed by atoms with Gasteiger partial charge in [-0.1, -0.05) is 119 Å². The van der Waals surface area contributed by atoms with Crippen LogP contribution in [-0.4, -0.2) is 23.1 Å². The zero-order valence-electron chi connectivity index (χ0n) is 23.8. The summed E-state index contributed by atoms with van der Waals surface area (Å²) >= 11 is 0. The molecule has 0 radical (unpaired) electrons. The quantitative estimate of drug-likeness (QED) is 0.139. The lowest BCUT2D eigenvalue weighted by atomic mass is 9.73. The highest BCUT2D eigenvalue weighted by Crippen LogP contribution is 2.37. The van der Waals surface area contributed by atoms with Crippen molar-refractivity contribution in [1.82, 2.24) is 0 Å². The van der Waals surface area contributed by atoms with Gasteiger partial charge in [0.15, 0.2) is 0 Å². The summed E-state index contributed by atoms with van der Waals surface area (Å²) in [4.78, 5) is 23.3. The highest BCUT2D eigenvalue weighted by molar-refractivity contribution is 5.76. The number of unbranched alkanes of at least 4 members (excludes halogenated alkanes) is 11. The van der Waals surface area contributed by atoms with Crippen LogP contribution in [0.5, 0.6) is 0 Å². The molecule has 4 heteroatoms. The van der Waals surface area contributed by atoms with E-state index in [4.69, 9.17) is 9.84 Å². The minimum atomic E-state index is -0.949. The molecule has 0 spiro atoms. The summed E-state index contributed by atoms with van der Waals surface area (Å²) in [5, 5.41) is 8.93. The smallest absolute Gasteiger partial charge is 0.306 e. The fourth-order valence-electron chi connectivity index (χ4n) is 4.92. The van der Waals surface area contributed by atoms with Crippen molar-refractivity contribution in [3.8, 4) is 0 Å². The summed E-state index contributed by atoms with van der Waals surface area (Å²) in [5.74, 6) is -1.02. The van der Waals surface area contributed by atoms with E-state index in [1.54, 1.807) is 0 Å². The molecular weight excluding hydrogens is 424 g/mol. The van der Waals surface area contributed by atoms with E-state index >= 15 is 0 Å². The number of carbonyl (C=O) groups is 2. The molecule has 34 heavy (non-hydrogen) atoms. The molecule has 4 nitrogen and oxygen atoms in total. The van der Waals surface area contributed by atoms with Gasteiger partial charge in [-0.3, -0.25) is 9.59 Å². The van der Waals surface area contributed by atoms with Crippen LogP contribution in [0.2, 0.25) is 0 Å². The lowest BCUT2D eigenvalue weighted by Gasteiger charge is -2.36. The summed E-state index contributed by atoms with van der Waals surface area (Å²) in [6, 6.07) is 0. The minimum Gasteiger partial charge on any atom is -0.481 e. The molecule has 202 valence electrons. The second kappa shape index (κ2) is 18.2. The van der Waals surface area contributed by atoms with Crippen molar-refractivity contribution in [3.05, 3.63) is 0 Å². The van der Waals surface area contributed by atoms with Crippen molar-refractivity contribution in [3.63, 3.8) is 0 Å². The molecule has 1 N–H and O–H groups in total. The van der Waals surface area contributed by atoms with Crippen LogP contribution in [0.4, 0.5) is 0 Å². The maximum Gasteiger partial charge on any atom is 0.306 e. The number of carbonyl (C=O) groups excluding carboxylic acids is 1. The highest BCUT2D eigenvalue weighted by atomic mass is 16.5. The van der Waals surface area contributed by atoms with Crippen LogP contribution in [-0.2, 0) is 14.3 Å². The van der Waals surface area contributed by atoms with Crippen LogP contribution in [0, 0.1) is 16.7 Å². The maximum atomic E-state index is 12.4. The Bertz CT molecular complexity index is 511. The van der Waals surface area contributed by atoms with Gasteiger partial charge in [-0.15, -0.1) is 0 Å². The van der Waals surface area contributed by atoms with Crippen LogP contribution in [0.1, 0.15) is 158 Å². The van der Waals surface area contributed by atoms with Gasteiger partial charge in [0.05, 0.1) is 12.8 Å². The average molecular weight is 483 g/mol. The Morgan fingerprint density at radius 2 is 1.09 bits per heavy atom. The molecule has 0 aromatic heterocycles. The van der Waals surface area contributed by atoms with E-state index in [0.29, 0.717) is 5.92 Å². The molecule has 0 saturated carbocycles. The first-order valence-electron chi connectivity index (χ1n) is 14.3. The highest BCUT2D eigenvalue weighted by Gasteiger charge is 2.32. The largest absolute Gasteiger partial charge is 0.481 e. The zero-order chi connectivity index (χ0) is 26.0. The number of rotatable bonds is 20. The van der Waals surface area contributed by atoms with Gasteiger partial charge < -0.3 is 9.84 Å². The third-order valence-corrected chi connectivity index (χ3v) is 6.44. The van der Waals surface area contributed by atoms with Gasteiger partial charge >= 0.3 is 11.9 Å². The molecule has 0 aliphatic heterocycles. The van der Waals surface area contributed by atoms with Gasteiger partial charge in [0, 0.05) is 0 Å². The normalized spacial score (nSPS) is 13.3. The lowest BCUT2D eigenvalue weighted by molar-refractivity contribution is -0.156. The molecular formula is C30H58O4. The maximum absolute atomic E-state index is 12.4. The van der Waals surface area contributed by atoms with Crippen molar-refractivity contribution >= 4 is 11.9 Å². The second-order valence-corrected chi connectivity index (χ2v) is 12.9. The average Bonchev–Trinajstić information content (AvgIpc) is 2.69. The van der Waals surface area contributed by atoms with E-state index in [9.17, 15) is 9.59 Å². The first kappa shape index (κ1) is 32.9. The summed E-state index contributed by atoms with van der Waals surface area (Å²) < 4.78 is 5.95. The van der Waals surface area contributed by atoms with E-state index in [-0.39, 0.29) is 35.7 Å². The van der Waals surface area contributed by atoms with Crippen molar-refractivity contribution in [2.75, 3.05) is 0 Å². The number of esters is 1. The lowest BCUT2D eigenvalue weighted by Crippen LogP contribution is -2.33. The molecule has 1 atom stereocenters. The standard InChI is InChI=1S/C30H58O4/c1-8-9-10-11-12-13-14-15-16-17-18-19-20-26(34-28(33)22-21-27(31)32)25(23-29(2,3)4)24-30(5,6)7/h25-26H,8-24H2,1-7H3,(H,31,32). The fourth-order valence-corrected chi connectivity index (χ4v) is 4.92. The fraction of sp³-hybridized carbons (Fsp3) is 0.933. The molecule has 0 rings (SSSR count). The summed E-state index contributed by atoms with van der Waals surface area (Å²) in [7, 11) is 0. The van der Waals surface area contributed by atoms with Crippen molar-refractivity contribution in [2.45, 2.75) is 164 Å². The van der Waals surface area contributed by atoms with E-state index < -0.39 is 5.97 Å². The van der Waals surface area contributed by atoms with Crippen molar-refractivity contribution in [1.29, 1.82) is 0 Å².